The van der Waals surface area contributed by atoms with E-state index < -0.39 is 0 Å². The van der Waals surface area contributed by atoms with Gasteiger partial charge in [-0.1, -0.05) is 37.4 Å². The number of rotatable bonds is 3. The second-order valence-electron chi connectivity index (χ2n) is 6.34. The maximum atomic E-state index is 4.80. The molecule has 1 N–H and O–H groups in total. The highest BCUT2D eigenvalue weighted by Crippen LogP contribution is 2.43. The zero-order valence-electron chi connectivity index (χ0n) is 10.9. The molecule has 0 aromatic heterocycles. The van der Waals surface area contributed by atoms with Crippen molar-refractivity contribution in [3.63, 3.8) is 0 Å². The molecule has 3 aliphatic rings. The molecule has 1 unspecified atom stereocenters. The van der Waals surface area contributed by atoms with Gasteiger partial charge in [0.05, 0.1) is 0 Å². The number of thioether (sulfide) groups is 1. The minimum absolute atomic E-state index is 0.579. The van der Waals surface area contributed by atoms with Crippen molar-refractivity contribution in [2.45, 2.75) is 57.9 Å². The lowest BCUT2D eigenvalue weighted by Crippen LogP contribution is -2.37. The summed E-state index contributed by atoms with van der Waals surface area (Å²) in [5, 5.41) is 4.83. The van der Waals surface area contributed by atoms with Gasteiger partial charge in [-0.2, -0.15) is 0 Å². The van der Waals surface area contributed by atoms with Crippen LogP contribution in [-0.2, 0) is 0 Å². The first-order chi connectivity index (χ1) is 8.26. The monoisotopic (exact) mass is 252 g/mol. The normalized spacial score (nSPS) is 29.1. The summed E-state index contributed by atoms with van der Waals surface area (Å²) in [5.41, 5.74) is 0.579. The van der Waals surface area contributed by atoms with E-state index in [9.17, 15) is 0 Å². The number of nitrogens with one attached hydrogen (secondary N) is 1. The van der Waals surface area contributed by atoms with Crippen LogP contribution in [0.3, 0.4) is 0 Å². The summed E-state index contributed by atoms with van der Waals surface area (Å²) < 4.78 is 0. The minimum Gasteiger partial charge on any atom is -0.362 e. The Morgan fingerprint density at radius 2 is 2.18 bits per heavy atom. The zero-order chi connectivity index (χ0) is 11.7. The topological polar surface area (TPSA) is 24.4 Å². The third kappa shape index (κ3) is 2.98. The van der Waals surface area contributed by atoms with Gasteiger partial charge in [0.1, 0.15) is 0 Å². The summed E-state index contributed by atoms with van der Waals surface area (Å²) in [6.07, 6.45) is 9.92. The molecule has 1 aliphatic heterocycles. The predicted molar refractivity (Wildman–Crippen MR) is 75.6 cm³/mol. The molecule has 3 rings (SSSR count). The minimum atomic E-state index is 0.579. The molecule has 1 atom stereocenters. The van der Waals surface area contributed by atoms with Crippen molar-refractivity contribution >= 4 is 16.9 Å². The van der Waals surface area contributed by atoms with Gasteiger partial charge >= 0.3 is 0 Å². The Bertz CT molecular complexity index is 303. The molecule has 3 heteroatoms. The van der Waals surface area contributed by atoms with Gasteiger partial charge in [-0.15, -0.1) is 0 Å². The Balaban J connectivity index is 1.49. The van der Waals surface area contributed by atoms with E-state index >= 15 is 0 Å². The Kier molecular flexibility index (Phi) is 3.38. The van der Waals surface area contributed by atoms with Crippen molar-refractivity contribution in [3.8, 4) is 0 Å². The number of nitrogens with zero attached hydrogens (tertiary/aromatic N) is 1. The van der Waals surface area contributed by atoms with Crippen LogP contribution in [0.5, 0.6) is 0 Å². The molecule has 0 bridgehead atoms. The van der Waals surface area contributed by atoms with Crippen LogP contribution in [0.1, 0.15) is 51.9 Å². The number of amidine groups is 1. The van der Waals surface area contributed by atoms with Crippen LogP contribution >= 0.6 is 11.8 Å². The standard InChI is InChI=1S/C14H24N2S/c1-11(8-12-4-5-12)16-13-15-9-14(10-17-13)6-2-3-7-14/h11-12H,2-10H2,1H3,(H,15,16). The highest BCUT2D eigenvalue weighted by atomic mass is 32.2. The molecule has 2 aliphatic carbocycles. The number of hydrogen-bond acceptors (Lipinski definition) is 3. The summed E-state index contributed by atoms with van der Waals surface area (Å²) in [6, 6.07) is 0.617. The summed E-state index contributed by atoms with van der Waals surface area (Å²) >= 11 is 1.97. The van der Waals surface area contributed by atoms with E-state index in [0.29, 0.717) is 11.5 Å². The molecule has 1 spiro atoms. The highest BCUT2D eigenvalue weighted by Gasteiger charge is 2.36. The lowest BCUT2D eigenvalue weighted by molar-refractivity contribution is 0.358. The third-order valence-electron chi connectivity index (χ3n) is 4.49. The molecular weight excluding hydrogens is 228 g/mol. The summed E-state index contributed by atoms with van der Waals surface area (Å²) in [6.45, 7) is 3.39. The van der Waals surface area contributed by atoms with Gasteiger partial charge < -0.3 is 5.32 Å². The predicted octanol–water partition coefficient (Wildman–Crippen LogP) is 3.43. The molecule has 0 aromatic carbocycles. The lowest BCUT2D eigenvalue weighted by Gasteiger charge is -2.31. The van der Waals surface area contributed by atoms with Crippen molar-refractivity contribution in [3.05, 3.63) is 0 Å². The molecular formula is C14H24N2S. The molecule has 0 aromatic rings. The van der Waals surface area contributed by atoms with E-state index in [1.54, 1.807) is 0 Å². The third-order valence-corrected chi connectivity index (χ3v) is 5.77. The number of hydrogen-bond donors (Lipinski definition) is 1. The van der Waals surface area contributed by atoms with Gasteiger partial charge in [-0.05, 0) is 37.5 Å². The average Bonchev–Trinajstić information content (AvgIpc) is 3.01. The van der Waals surface area contributed by atoms with Crippen LogP contribution in [0.2, 0.25) is 0 Å². The second kappa shape index (κ2) is 4.83. The SMILES string of the molecule is CC(CC1CC1)NC1=NCC2(CCCC2)CS1. The Morgan fingerprint density at radius 3 is 2.76 bits per heavy atom. The molecule has 2 fully saturated rings. The second-order valence-corrected chi connectivity index (χ2v) is 7.31. The summed E-state index contributed by atoms with van der Waals surface area (Å²) in [4.78, 5) is 4.80. The fourth-order valence-corrected chi connectivity index (χ4v) is 4.45. The Morgan fingerprint density at radius 1 is 1.41 bits per heavy atom. The molecule has 2 nitrogen and oxygen atoms in total. The van der Waals surface area contributed by atoms with E-state index in [2.05, 4.69) is 12.2 Å². The molecule has 17 heavy (non-hydrogen) atoms. The smallest absolute Gasteiger partial charge is 0.156 e. The van der Waals surface area contributed by atoms with Crippen LogP contribution in [0.15, 0.2) is 4.99 Å². The van der Waals surface area contributed by atoms with Crippen LogP contribution in [0.4, 0.5) is 0 Å². The van der Waals surface area contributed by atoms with Crippen LogP contribution in [0, 0.1) is 11.3 Å². The maximum Gasteiger partial charge on any atom is 0.156 e. The van der Waals surface area contributed by atoms with Gasteiger partial charge in [0.15, 0.2) is 5.17 Å². The van der Waals surface area contributed by atoms with Crippen LogP contribution in [0.25, 0.3) is 0 Å². The van der Waals surface area contributed by atoms with E-state index in [0.717, 1.165) is 12.5 Å². The first-order valence-electron chi connectivity index (χ1n) is 7.20. The fraction of sp³-hybridized carbons (Fsp3) is 0.929. The summed E-state index contributed by atoms with van der Waals surface area (Å²) in [7, 11) is 0. The average molecular weight is 252 g/mol. The van der Waals surface area contributed by atoms with Crippen LogP contribution < -0.4 is 5.32 Å². The Hall–Kier alpha value is -0.180. The van der Waals surface area contributed by atoms with Gasteiger partial charge in [0, 0.05) is 18.3 Å². The van der Waals surface area contributed by atoms with E-state index in [4.69, 9.17) is 4.99 Å². The number of aliphatic imine (C=N–C) groups is 1. The molecule has 0 radical (unpaired) electrons. The first kappa shape index (κ1) is 11.9. The van der Waals surface area contributed by atoms with Gasteiger partial charge in [-0.25, -0.2) is 0 Å². The van der Waals surface area contributed by atoms with Gasteiger partial charge in [-0.3, -0.25) is 4.99 Å². The van der Waals surface area contributed by atoms with Crippen molar-refractivity contribution in [1.29, 1.82) is 0 Å². The quantitative estimate of drug-likeness (QED) is 0.832. The van der Waals surface area contributed by atoms with Crippen molar-refractivity contribution in [2.24, 2.45) is 16.3 Å². The fourth-order valence-electron chi connectivity index (χ4n) is 3.19. The zero-order valence-corrected chi connectivity index (χ0v) is 11.7. The van der Waals surface area contributed by atoms with Crippen molar-refractivity contribution in [1.82, 2.24) is 5.32 Å². The molecule has 1 heterocycles. The van der Waals surface area contributed by atoms with Crippen molar-refractivity contribution in [2.75, 3.05) is 12.3 Å². The van der Waals surface area contributed by atoms with Crippen molar-refractivity contribution < 1.29 is 0 Å². The molecule has 0 amide bonds. The molecule has 0 saturated heterocycles. The first-order valence-corrected chi connectivity index (χ1v) is 8.18. The van der Waals surface area contributed by atoms with E-state index in [1.165, 1.54) is 55.9 Å². The lowest BCUT2D eigenvalue weighted by atomic mass is 9.89. The maximum absolute atomic E-state index is 4.80. The van der Waals surface area contributed by atoms with Gasteiger partial charge in [0.25, 0.3) is 0 Å². The summed E-state index contributed by atoms with van der Waals surface area (Å²) in [5.74, 6) is 2.31. The molecule has 2 saturated carbocycles. The van der Waals surface area contributed by atoms with E-state index in [-0.39, 0.29) is 0 Å². The highest BCUT2D eigenvalue weighted by molar-refractivity contribution is 8.13. The molecule has 96 valence electrons. The largest absolute Gasteiger partial charge is 0.362 e. The van der Waals surface area contributed by atoms with E-state index in [1.807, 2.05) is 11.8 Å². The Labute approximate surface area is 109 Å². The van der Waals surface area contributed by atoms with Crippen LogP contribution in [-0.4, -0.2) is 23.5 Å². The van der Waals surface area contributed by atoms with Gasteiger partial charge in [0.2, 0.25) is 0 Å².